The second kappa shape index (κ2) is 9.56. The van der Waals surface area contributed by atoms with Crippen molar-refractivity contribution in [2.45, 2.75) is 52.0 Å². The van der Waals surface area contributed by atoms with Crippen molar-refractivity contribution in [3.8, 4) is 0 Å². The summed E-state index contributed by atoms with van der Waals surface area (Å²) in [5, 5.41) is 3.30. The van der Waals surface area contributed by atoms with E-state index in [4.69, 9.17) is 4.98 Å². The zero-order chi connectivity index (χ0) is 20.9. The van der Waals surface area contributed by atoms with Crippen LogP contribution in [-0.2, 0) is 4.79 Å². The molecule has 1 N–H and O–H groups in total. The Morgan fingerprint density at radius 3 is 2.50 bits per heavy atom. The van der Waals surface area contributed by atoms with Gasteiger partial charge in [0, 0.05) is 18.7 Å². The molecule has 0 bridgehead atoms. The molecule has 0 aromatic carbocycles. The fourth-order valence-electron chi connectivity index (χ4n) is 4.69. The highest BCUT2D eigenvalue weighted by Crippen LogP contribution is 2.33. The lowest BCUT2D eigenvalue weighted by atomic mass is 9.93. The number of aryl methyl sites for hydroxylation is 1. The van der Waals surface area contributed by atoms with Crippen LogP contribution in [0, 0.1) is 12.8 Å². The third-order valence-corrected chi connectivity index (χ3v) is 6.45. The van der Waals surface area contributed by atoms with Crippen LogP contribution in [0.2, 0.25) is 0 Å². The molecule has 1 atom stereocenters. The Hall–Kier alpha value is -2.47. The molecule has 2 saturated heterocycles. The molecule has 4 heterocycles. The van der Waals surface area contributed by atoms with Gasteiger partial charge in [0.1, 0.15) is 11.6 Å². The van der Waals surface area contributed by atoms with Crippen LogP contribution >= 0.6 is 0 Å². The van der Waals surface area contributed by atoms with E-state index in [1.165, 1.54) is 0 Å². The second-order valence-electron chi connectivity index (χ2n) is 8.56. The van der Waals surface area contributed by atoms with E-state index in [-0.39, 0.29) is 6.04 Å². The van der Waals surface area contributed by atoms with Crippen molar-refractivity contribution in [1.82, 2.24) is 19.8 Å². The third kappa shape index (κ3) is 4.98. The summed E-state index contributed by atoms with van der Waals surface area (Å²) in [4.78, 5) is 27.0. The Labute approximate surface area is 179 Å². The van der Waals surface area contributed by atoms with Crippen molar-refractivity contribution in [3.63, 3.8) is 0 Å². The first-order chi connectivity index (χ1) is 14.6. The number of aromatic nitrogens is 2. The molecule has 6 nitrogen and oxygen atoms in total. The van der Waals surface area contributed by atoms with E-state index < -0.39 is 0 Å². The molecule has 1 amide bonds. The Kier molecular flexibility index (Phi) is 6.62. The maximum Gasteiger partial charge on any atom is 0.223 e. The van der Waals surface area contributed by atoms with Crippen molar-refractivity contribution in [2.24, 2.45) is 5.92 Å². The molecule has 2 fully saturated rings. The summed E-state index contributed by atoms with van der Waals surface area (Å²) in [6, 6.07) is 12.0. The molecule has 0 radical (unpaired) electrons. The van der Waals surface area contributed by atoms with Crippen molar-refractivity contribution < 1.29 is 4.79 Å². The zero-order valence-corrected chi connectivity index (χ0v) is 18.2. The van der Waals surface area contributed by atoms with E-state index in [1.54, 1.807) is 0 Å². The number of pyridine rings is 2. The minimum Gasteiger partial charge on any atom is -0.334 e. The maximum absolute atomic E-state index is 13.1. The lowest BCUT2D eigenvalue weighted by Gasteiger charge is -2.32. The minimum atomic E-state index is 0.0837. The first-order valence-electron chi connectivity index (χ1n) is 11.3. The van der Waals surface area contributed by atoms with Crippen molar-refractivity contribution in [2.75, 3.05) is 31.5 Å². The lowest BCUT2D eigenvalue weighted by Crippen LogP contribution is -2.37. The van der Waals surface area contributed by atoms with Gasteiger partial charge in [-0.05, 0) is 82.4 Å². The number of anilines is 2. The van der Waals surface area contributed by atoms with Crippen LogP contribution in [0.25, 0.3) is 0 Å². The first-order valence-corrected chi connectivity index (χ1v) is 11.3. The summed E-state index contributed by atoms with van der Waals surface area (Å²) in [6.07, 6.45) is 4.99. The molecule has 2 aromatic heterocycles. The van der Waals surface area contributed by atoms with Gasteiger partial charge in [0.25, 0.3) is 0 Å². The van der Waals surface area contributed by atoms with Gasteiger partial charge in [-0.1, -0.05) is 19.1 Å². The zero-order valence-electron chi connectivity index (χ0n) is 18.2. The van der Waals surface area contributed by atoms with Gasteiger partial charge in [-0.3, -0.25) is 4.79 Å². The molecule has 2 aliphatic rings. The van der Waals surface area contributed by atoms with Crippen LogP contribution in [0.3, 0.4) is 0 Å². The van der Waals surface area contributed by atoms with Crippen LogP contribution in [-0.4, -0.2) is 51.9 Å². The average Bonchev–Trinajstić information content (AvgIpc) is 3.25. The second-order valence-corrected chi connectivity index (χ2v) is 8.56. The molecule has 2 aliphatic heterocycles. The van der Waals surface area contributed by atoms with Crippen molar-refractivity contribution in [1.29, 1.82) is 0 Å². The Morgan fingerprint density at radius 1 is 1.03 bits per heavy atom. The summed E-state index contributed by atoms with van der Waals surface area (Å²) < 4.78 is 0. The molecule has 6 heteroatoms. The smallest absolute Gasteiger partial charge is 0.223 e. The van der Waals surface area contributed by atoms with Gasteiger partial charge in [0.05, 0.1) is 11.7 Å². The van der Waals surface area contributed by atoms with Crippen LogP contribution in [0.15, 0.2) is 36.4 Å². The quantitative estimate of drug-likeness (QED) is 0.773. The van der Waals surface area contributed by atoms with Crippen molar-refractivity contribution >= 4 is 17.5 Å². The largest absolute Gasteiger partial charge is 0.334 e. The van der Waals surface area contributed by atoms with E-state index in [1.807, 2.05) is 43.3 Å². The van der Waals surface area contributed by atoms with Crippen LogP contribution in [0.4, 0.5) is 11.6 Å². The van der Waals surface area contributed by atoms with Crippen LogP contribution in [0.5, 0.6) is 0 Å². The number of carbonyl (C=O) groups is 1. The predicted molar refractivity (Wildman–Crippen MR) is 120 cm³/mol. The molecule has 30 heavy (non-hydrogen) atoms. The van der Waals surface area contributed by atoms with Gasteiger partial charge in [0.15, 0.2) is 0 Å². The summed E-state index contributed by atoms with van der Waals surface area (Å²) in [7, 11) is 0. The Balaban J connectivity index is 1.41. The predicted octanol–water partition coefficient (Wildman–Crippen LogP) is 4.31. The summed E-state index contributed by atoms with van der Waals surface area (Å²) in [5.41, 5.74) is 1.94. The van der Waals surface area contributed by atoms with Gasteiger partial charge in [0.2, 0.25) is 5.91 Å². The number of amides is 1. The topological polar surface area (TPSA) is 61.4 Å². The Bertz CT molecular complexity index is 862. The maximum atomic E-state index is 13.1. The molecular formula is C24H33N5O. The molecule has 0 spiro atoms. The van der Waals surface area contributed by atoms with E-state index in [0.717, 1.165) is 74.9 Å². The summed E-state index contributed by atoms with van der Waals surface area (Å²) in [6.45, 7) is 8.40. The number of hydrogen-bond donors (Lipinski definition) is 1. The van der Waals surface area contributed by atoms with Gasteiger partial charge in [-0.15, -0.1) is 0 Å². The fraction of sp³-hybridized carbons (Fsp3) is 0.542. The SMILES string of the molecule is CCN1CCC(CC(=O)N2CCC[C@H]2c2cccc(Nc3cccc(C)n3)n2)CC1. The van der Waals surface area contributed by atoms with Crippen LogP contribution in [0.1, 0.15) is 56.5 Å². The van der Waals surface area contributed by atoms with Gasteiger partial charge in [-0.2, -0.15) is 0 Å². The van der Waals surface area contributed by atoms with E-state index in [2.05, 4.69) is 27.0 Å². The highest BCUT2D eigenvalue weighted by atomic mass is 16.2. The monoisotopic (exact) mass is 407 g/mol. The number of carbonyl (C=O) groups excluding carboxylic acids is 1. The fourth-order valence-corrected chi connectivity index (χ4v) is 4.69. The van der Waals surface area contributed by atoms with E-state index in [0.29, 0.717) is 18.2 Å². The molecule has 160 valence electrons. The molecule has 4 rings (SSSR count). The van der Waals surface area contributed by atoms with Crippen LogP contribution < -0.4 is 5.32 Å². The number of piperidine rings is 1. The van der Waals surface area contributed by atoms with E-state index >= 15 is 0 Å². The highest BCUT2D eigenvalue weighted by molar-refractivity contribution is 5.77. The summed E-state index contributed by atoms with van der Waals surface area (Å²) in [5.74, 6) is 2.39. The third-order valence-electron chi connectivity index (χ3n) is 6.45. The number of nitrogens with one attached hydrogen (secondary N) is 1. The molecule has 0 saturated carbocycles. The normalized spacial score (nSPS) is 20.5. The standard InChI is InChI=1S/C24H33N5O/c1-3-28-15-12-19(13-16-28)17-24(30)29-14-6-9-21(29)20-8-5-11-23(26-20)27-22-10-4-7-18(2)25-22/h4-5,7-8,10-11,19,21H,3,6,9,12-17H2,1-2H3,(H,25,26,27)/t21-/m0/s1. The molecular weight excluding hydrogens is 374 g/mol. The molecule has 0 unspecified atom stereocenters. The van der Waals surface area contributed by atoms with Gasteiger partial charge < -0.3 is 15.1 Å². The number of nitrogens with zero attached hydrogens (tertiary/aromatic N) is 4. The lowest BCUT2D eigenvalue weighted by molar-refractivity contribution is -0.133. The average molecular weight is 408 g/mol. The molecule has 2 aromatic rings. The van der Waals surface area contributed by atoms with Crippen molar-refractivity contribution in [3.05, 3.63) is 47.8 Å². The molecule has 0 aliphatic carbocycles. The number of rotatable bonds is 6. The van der Waals surface area contributed by atoms with E-state index in [9.17, 15) is 4.79 Å². The summed E-state index contributed by atoms with van der Waals surface area (Å²) >= 11 is 0. The highest BCUT2D eigenvalue weighted by Gasteiger charge is 2.32. The van der Waals surface area contributed by atoms with Gasteiger partial charge in [-0.25, -0.2) is 9.97 Å². The number of likely N-dealkylation sites (tertiary alicyclic amines) is 2. The number of hydrogen-bond acceptors (Lipinski definition) is 5. The Morgan fingerprint density at radius 2 is 1.77 bits per heavy atom. The minimum absolute atomic E-state index is 0.0837. The van der Waals surface area contributed by atoms with Gasteiger partial charge >= 0.3 is 0 Å². The first kappa shape index (κ1) is 20.8.